The summed E-state index contributed by atoms with van der Waals surface area (Å²) in [6.07, 6.45) is 5.00. The zero-order valence-electron chi connectivity index (χ0n) is 13.1. The van der Waals surface area contributed by atoms with Gasteiger partial charge in [0.25, 0.3) is 5.56 Å². The molecule has 6 heteroatoms. The zero-order chi connectivity index (χ0) is 17.2. The van der Waals surface area contributed by atoms with Crippen molar-refractivity contribution in [2.45, 2.75) is 6.54 Å². The van der Waals surface area contributed by atoms with Crippen molar-refractivity contribution in [3.8, 4) is 11.3 Å². The highest BCUT2D eigenvalue weighted by Crippen LogP contribution is 2.26. The van der Waals surface area contributed by atoms with Gasteiger partial charge in [0, 0.05) is 34.6 Å². The predicted octanol–water partition coefficient (Wildman–Crippen LogP) is 3.56. The summed E-state index contributed by atoms with van der Waals surface area (Å²) in [5.41, 5.74) is 2.63. The van der Waals surface area contributed by atoms with Crippen molar-refractivity contribution in [1.29, 1.82) is 0 Å². The first kappa shape index (κ1) is 15.5. The van der Waals surface area contributed by atoms with E-state index >= 15 is 0 Å². The lowest BCUT2D eigenvalue weighted by molar-refractivity contribution is 0.649. The van der Waals surface area contributed by atoms with Crippen LogP contribution in [0.15, 0.2) is 71.9 Å². The molecule has 122 valence electrons. The normalized spacial score (nSPS) is 10.9. The van der Waals surface area contributed by atoms with Gasteiger partial charge in [-0.3, -0.25) is 14.8 Å². The molecule has 0 bridgehead atoms. The van der Waals surface area contributed by atoms with Crippen LogP contribution >= 0.6 is 11.6 Å². The Morgan fingerprint density at radius 2 is 1.84 bits per heavy atom. The summed E-state index contributed by atoms with van der Waals surface area (Å²) in [4.78, 5) is 21.1. The van der Waals surface area contributed by atoms with Crippen molar-refractivity contribution in [1.82, 2.24) is 19.7 Å². The second kappa shape index (κ2) is 6.45. The third kappa shape index (κ3) is 3.02. The van der Waals surface area contributed by atoms with Crippen molar-refractivity contribution in [3.05, 3.63) is 88.1 Å². The molecule has 0 spiro atoms. The average Bonchev–Trinajstić information content (AvgIpc) is 2.65. The van der Waals surface area contributed by atoms with Crippen LogP contribution in [0.3, 0.4) is 0 Å². The first-order valence-electron chi connectivity index (χ1n) is 7.73. The number of benzene rings is 1. The van der Waals surface area contributed by atoms with E-state index in [1.165, 1.54) is 4.68 Å². The maximum atomic E-state index is 12.8. The first-order valence-corrected chi connectivity index (χ1v) is 8.11. The molecule has 0 fully saturated rings. The topological polar surface area (TPSA) is 60.7 Å². The molecule has 0 unspecified atom stereocenters. The highest BCUT2D eigenvalue weighted by atomic mass is 35.5. The molecule has 3 heterocycles. The van der Waals surface area contributed by atoms with E-state index in [1.807, 2.05) is 36.4 Å². The molecule has 1 aromatic carbocycles. The minimum Gasteiger partial charge on any atom is -0.265 e. The van der Waals surface area contributed by atoms with E-state index in [9.17, 15) is 4.79 Å². The number of hydrogen-bond acceptors (Lipinski definition) is 4. The van der Waals surface area contributed by atoms with E-state index in [-0.39, 0.29) is 5.56 Å². The van der Waals surface area contributed by atoms with Crippen molar-refractivity contribution >= 4 is 22.5 Å². The van der Waals surface area contributed by atoms with E-state index < -0.39 is 0 Å². The number of pyridine rings is 2. The third-order valence-corrected chi connectivity index (χ3v) is 4.14. The highest BCUT2D eigenvalue weighted by Gasteiger charge is 2.13. The number of rotatable bonds is 3. The standard InChI is InChI=1S/C19H13ClN4O/c20-15-4-1-3-14(11-15)17-16-5-2-8-22-18(16)19(25)24(23-17)12-13-6-9-21-10-7-13/h1-11H,12H2. The summed E-state index contributed by atoms with van der Waals surface area (Å²) in [5.74, 6) is 0. The SMILES string of the molecule is O=c1c2ncccc2c(-c2cccc(Cl)c2)nn1Cc1ccncc1. The lowest BCUT2D eigenvalue weighted by Crippen LogP contribution is -2.25. The highest BCUT2D eigenvalue weighted by molar-refractivity contribution is 6.30. The van der Waals surface area contributed by atoms with Gasteiger partial charge in [0.1, 0.15) is 11.2 Å². The van der Waals surface area contributed by atoms with Crippen LogP contribution in [0.5, 0.6) is 0 Å². The van der Waals surface area contributed by atoms with Crippen LogP contribution in [0.25, 0.3) is 22.2 Å². The fraction of sp³-hybridized carbons (Fsp3) is 0.0526. The van der Waals surface area contributed by atoms with E-state index in [2.05, 4.69) is 15.1 Å². The summed E-state index contributed by atoms with van der Waals surface area (Å²) in [6, 6.07) is 14.8. The molecule has 0 N–H and O–H groups in total. The maximum Gasteiger partial charge on any atom is 0.293 e. The Bertz CT molecular complexity index is 1110. The molecular formula is C19H13ClN4O. The Hall–Kier alpha value is -3.05. The second-order valence-electron chi connectivity index (χ2n) is 5.58. The number of nitrogens with zero attached hydrogens (tertiary/aromatic N) is 4. The summed E-state index contributed by atoms with van der Waals surface area (Å²) in [6.45, 7) is 0.349. The Kier molecular flexibility index (Phi) is 3.99. The van der Waals surface area contributed by atoms with E-state index in [0.29, 0.717) is 28.2 Å². The smallest absolute Gasteiger partial charge is 0.265 e. The van der Waals surface area contributed by atoms with E-state index in [0.717, 1.165) is 11.1 Å². The van der Waals surface area contributed by atoms with Gasteiger partial charge in [-0.25, -0.2) is 4.68 Å². The molecule has 4 rings (SSSR count). The van der Waals surface area contributed by atoms with Gasteiger partial charge in [0.05, 0.1) is 6.54 Å². The van der Waals surface area contributed by atoms with Crippen molar-refractivity contribution < 1.29 is 0 Å². The summed E-state index contributed by atoms with van der Waals surface area (Å²) in [5, 5.41) is 5.92. The third-order valence-electron chi connectivity index (χ3n) is 3.90. The Balaban J connectivity index is 1.96. The molecule has 0 radical (unpaired) electrons. The second-order valence-corrected chi connectivity index (χ2v) is 6.01. The number of fused-ring (bicyclic) bond motifs is 1. The van der Waals surface area contributed by atoms with Crippen LogP contribution in [0.4, 0.5) is 0 Å². The van der Waals surface area contributed by atoms with Gasteiger partial charge in [0.15, 0.2) is 0 Å². The monoisotopic (exact) mass is 348 g/mol. The molecular weight excluding hydrogens is 336 g/mol. The lowest BCUT2D eigenvalue weighted by Gasteiger charge is -2.11. The lowest BCUT2D eigenvalue weighted by atomic mass is 10.1. The number of hydrogen-bond donors (Lipinski definition) is 0. The molecule has 0 aliphatic heterocycles. The molecule has 0 aliphatic rings. The largest absolute Gasteiger partial charge is 0.293 e. The van der Waals surface area contributed by atoms with Crippen molar-refractivity contribution in [2.24, 2.45) is 0 Å². The predicted molar refractivity (Wildman–Crippen MR) is 97.6 cm³/mol. The quantitative estimate of drug-likeness (QED) is 0.568. The van der Waals surface area contributed by atoms with Gasteiger partial charge >= 0.3 is 0 Å². The van der Waals surface area contributed by atoms with Gasteiger partial charge in [-0.1, -0.05) is 23.7 Å². The molecule has 25 heavy (non-hydrogen) atoms. The van der Waals surface area contributed by atoms with Crippen LogP contribution in [0.1, 0.15) is 5.56 Å². The summed E-state index contributed by atoms with van der Waals surface area (Å²) < 4.78 is 1.43. The molecule has 4 aromatic rings. The van der Waals surface area contributed by atoms with Crippen LogP contribution in [0.2, 0.25) is 5.02 Å². The maximum absolute atomic E-state index is 12.8. The number of aromatic nitrogens is 4. The van der Waals surface area contributed by atoms with Gasteiger partial charge in [-0.15, -0.1) is 0 Å². The Morgan fingerprint density at radius 1 is 1.00 bits per heavy atom. The van der Waals surface area contributed by atoms with Crippen LogP contribution in [-0.4, -0.2) is 19.7 Å². The summed E-state index contributed by atoms with van der Waals surface area (Å²) >= 11 is 6.13. The number of halogens is 1. The van der Waals surface area contributed by atoms with Crippen LogP contribution in [0, 0.1) is 0 Å². The Labute approximate surface area is 148 Å². The molecule has 5 nitrogen and oxygen atoms in total. The molecule has 0 atom stereocenters. The zero-order valence-corrected chi connectivity index (χ0v) is 13.9. The minimum absolute atomic E-state index is 0.224. The van der Waals surface area contributed by atoms with E-state index in [4.69, 9.17) is 11.6 Å². The molecule has 3 aromatic heterocycles. The molecule has 0 aliphatic carbocycles. The van der Waals surface area contributed by atoms with Gasteiger partial charge in [0.2, 0.25) is 0 Å². The fourth-order valence-corrected chi connectivity index (χ4v) is 2.92. The Morgan fingerprint density at radius 3 is 2.64 bits per heavy atom. The van der Waals surface area contributed by atoms with Gasteiger partial charge < -0.3 is 0 Å². The average molecular weight is 349 g/mol. The summed E-state index contributed by atoms with van der Waals surface area (Å²) in [7, 11) is 0. The van der Waals surface area contributed by atoms with Gasteiger partial charge in [-0.05, 0) is 42.0 Å². The fourth-order valence-electron chi connectivity index (χ4n) is 2.73. The molecule has 0 amide bonds. The molecule has 0 saturated heterocycles. The minimum atomic E-state index is -0.224. The van der Waals surface area contributed by atoms with Crippen LogP contribution in [-0.2, 0) is 6.54 Å². The van der Waals surface area contributed by atoms with Crippen molar-refractivity contribution in [2.75, 3.05) is 0 Å². The van der Waals surface area contributed by atoms with Gasteiger partial charge in [-0.2, -0.15) is 5.10 Å². The van der Waals surface area contributed by atoms with Crippen molar-refractivity contribution in [3.63, 3.8) is 0 Å². The molecule has 0 saturated carbocycles. The van der Waals surface area contributed by atoms with Crippen LogP contribution < -0.4 is 5.56 Å². The van der Waals surface area contributed by atoms with E-state index in [1.54, 1.807) is 30.7 Å². The first-order chi connectivity index (χ1) is 12.2.